The third kappa shape index (κ3) is 6.56. The van der Waals surface area contributed by atoms with E-state index in [1.165, 1.54) is 5.56 Å². The third-order valence-corrected chi connectivity index (χ3v) is 2.71. The fourth-order valence-corrected chi connectivity index (χ4v) is 1.67. The lowest BCUT2D eigenvalue weighted by Gasteiger charge is -2.15. The minimum absolute atomic E-state index is 0.221. The highest BCUT2D eigenvalue weighted by Gasteiger charge is 2.38. The van der Waals surface area contributed by atoms with Gasteiger partial charge in [-0.15, -0.1) is 0 Å². The van der Waals surface area contributed by atoms with E-state index < -0.39 is 12.1 Å². The molecule has 1 fully saturated rings. The number of alkyl halides is 3. The van der Waals surface area contributed by atoms with Crippen LogP contribution in [-0.4, -0.2) is 41.5 Å². The van der Waals surface area contributed by atoms with Gasteiger partial charge in [-0.2, -0.15) is 18.2 Å². The van der Waals surface area contributed by atoms with Crippen molar-refractivity contribution >= 4 is 5.97 Å². The average Bonchev–Trinajstić information content (AvgIpc) is 2.87. The molecule has 118 valence electrons. The molecule has 3 N–H and O–H groups in total. The van der Waals surface area contributed by atoms with E-state index in [4.69, 9.17) is 20.5 Å². The number of hydrogen-bond acceptors (Lipinski definition) is 4. The van der Waals surface area contributed by atoms with Gasteiger partial charge in [-0.3, -0.25) is 4.84 Å². The summed E-state index contributed by atoms with van der Waals surface area (Å²) in [5, 5.41) is 9.12. The standard InChI is InChI=1S/C11H16N2O.C2HF3O2/c12-8-11-6-7-13(14-11)9-10-4-2-1-3-5-10;3-2(4,5)1(6)7/h1-5,11H,6-9,12H2;(H,6,7). The summed E-state index contributed by atoms with van der Waals surface area (Å²) in [4.78, 5) is 14.5. The topological polar surface area (TPSA) is 75.8 Å². The predicted octanol–water partition coefficient (Wildman–Crippen LogP) is 1.78. The minimum Gasteiger partial charge on any atom is -0.475 e. The average molecular weight is 306 g/mol. The molecule has 1 aromatic rings. The van der Waals surface area contributed by atoms with Crippen LogP contribution in [0.2, 0.25) is 0 Å². The molecule has 0 amide bonds. The first-order valence-electron chi connectivity index (χ1n) is 6.28. The van der Waals surface area contributed by atoms with E-state index >= 15 is 0 Å². The van der Waals surface area contributed by atoms with Gasteiger partial charge in [-0.25, -0.2) is 4.79 Å². The smallest absolute Gasteiger partial charge is 0.475 e. The van der Waals surface area contributed by atoms with Crippen molar-refractivity contribution in [1.82, 2.24) is 5.06 Å². The van der Waals surface area contributed by atoms with Crippen molar-refractivity contribution in [1.29, 1.82) is 0 Å². The van der Waals surface area contributed by atoms with Gasteiger partial charge < -0.3 is 10.8 Å². The molecular formula is C13H17F3N2O3. The Morgan fingerprint density at radius 1 is 1.38 bits per heavy atom. The quantitative estimate of drug-likeness (QED) is 0.890. The lowest BCUT2D eigenvalue weighted by atomic mass is 10.2. The van der Waals surface area contributed by atoms with Crippen molar-refractivity contribution in [2.75, 3.05) is 13.1 Å². The van der Waals surface area contributed by atoms with Crippen LogP contribution in [-0.2, 0) is 16.2 Å². The number of nitrogens with two attached hydrogens (primary N) is 1. The molecule has 0 bridgehead atoms. The van der Waals surface area contributed by atoms with Crippen LogP contribution in [0.3, 0.4) is 0 Å². The number of rotatable bonds is 3. The van der Waals surface area contributed by atoms with Gasteiger partial charge >= 0.3 is 12.1 Å². The molecule has 1 aliphatic rings. The highest BCUT2D eigenvalue weighted by Crippen LogP contribution is 2.15. The van der Waals surface area contributed by atoms with Gasteiger partial charge in [0.25, 0.3) is 0 Å². The number of carboxylic acids is 1. The molecule has 1 saturated heterocycles. The molecule has 0 aromatic heterocycles. The Morgan fingerprint density at radius 2 is 1.95 bits per heavy atom. The van der Waals surface area contributed by atoms with Gasteiger partial charge in [0.15, 0.2) is 0 Å². The second kappa shape index (κ2) is 7.96. The second-order valence-corrected chi connectivity index (χ2v) is 4.40. The van der Waals surface area contributed by atoms with Crippen molar-refractivity contribution in [3.8, 4) is 0 Å². The van der Waals surface area contributed by atoms with Crippen LogP contribution >= 0.6 is 0 Å². The Morgan fingerprint density at radius 3 is 2.38 bits per heavy atom. The molecule has 1 atom stereocenters. The predicted molar refractivity (Wildman–Crippen MR) is 69.1 cm³/mol. The Bertz CT molecular complexity index is 440. The molecule has 1 aromatic carbocycles. The molecule has 0 radical (unpaired) electrons. The van der Waals surface area contributed by atoms with Crippen LogP contribution < -0.4 is 5.73 Å². The lowest BCUT2D eigenvalue weighted by molar-refractivity contribution is -0.192. The van der Waals surface area contributed by atoms with Crippen molar-refractivity contribution in [2.24, 2.45) is 5.73 Å². The first kappa shape index (κ1) is 17.4. The second-order valence-electron chi connectivity index (χ2n) is 4.40. The van der Waals surface area contributed by atoms with E-state index in [1.807, 2.05) is 23.3 Å². The summed E-state index contributed by atoms with van der Waals surface area (Å²) in [7, 11) is 0. The number of aliphatic carboxylic acids is 1. The fourth-order valence-electron chi connectivity index (χ4n) is 1.67. The number of hydroxylamine groups is 2. The summed E-state index contributed by atoms with van der Waals surface area (Å²) >= 11 is 0. The van der Waals surface area contributed by atoms with Gasteiger partial charge in [-0.05, 0) is 12.0 Å². The molecule has 1 unspecified atom stereocenters. The highest BCUT2D eigenvalue weighted by molar-refractivity contribution is 5.73. The first-order valence-corrected chi connectivity index (χ1v) is 6.28. The van der Waals surface area contributed by atoms with E-state index in [-0.39, 0.29) is 6.10 Å². The zero-order valence-electron chi connectivity index (χ0n) is 11.2. The van der Waals surface area contributed by atoms with Gasteiger partial charge in [0.05, 0.1) is 6.10 Å². The number of carbonyl (C=O) groups is 1. The van der Waals surface area contributed by atoms with E-state index in [9.17, 15) is 13.2 Å². The fraction of sp³-hybridized carbons (Fsp3) is 0.462. The van der Waals surface area contributed by atoms with Gasteiger partial charge in [0, 0.05) is 19.6 Å². The Hall–Kier alpha value is -1.64. The number of halogens is 3. The van der Waals surface area contributed by atoms with Crippen LogP contribution in [0.5, 0.6) is 0 Å². The molecule has 5 nitrogen and oxygen atoms in total. The number of nitrogens with zero attached hydrogens (tertiary/aromatic N) is 1. The molecule has 2 rings (SSSR count). The summed E-state index contributed by atoms with van der Waals surface area (Å²) in [6, 6.07) is 10.3. The molecule has 0 saturated carbocycles. The third-order valence-electron chi connectivity index (χ3n) is 2.71. The van der Waals surface area contributed by atoms with Crippen LogP contribution in [0.15, 0.2) is 30.3 Å². The summed E-state index contributed by atoms with van der Waals surface area (Å²) in [6.07, 6.45) is -3.82. The normalized spacial score (nSPS) is 19.0. The highest BCUT2D eigenvalue weighted by atomic mass is 19.4. The van der Waals surface area contributed by atoms with Gasteiger partial charge in [0.2, 0.25) is 0 Å². The molecule has 0 aliphatic carbocycles. The summed E-state index contributed by atoms with van der Waals surface area (Å²) in [6.45, 7) is 2.46. The van der Waals surface area contributed by atoms with Crippen LogP contribution in [0.25, 0.3) is 0 Å². The van der Waals surface area contributed by atoms with Crippen molar-refractivity contribution in [3.63, 3.8) is 0 Å². The molecule has 21 heavy (non-hydrogen) atoms. The van der Waals surface area contributed by atoms with Gasteiger partial charge in [0.1, 0.15) is 0 Å². The van der Waals surface area contributed by atoms with Crippen molar-refractivity contribution in [3.05, 3.63) is 35.9 Å². The van der Waals surface area contributed by atoms with Crippen LogP contribution in [0, 0.1) is 0 Å². The Labute approximate surface area is 120 Å². The summed E-state index contributed by atoms with van der Waals surface area (Å²) < 4.78 is 31.7. The molecule has 8 heteroatoms. The number of benzene rings is 1. The summed E-state index contributed by atoms with van der Waals surface area (Å²) in [5.41, 5.74) is 6.82. The SMILES string of the molecule is NCC1CCN(Cc2ccccc2)O1.O=C(O)C(F)(F)F. The monoisotopic (exact) mass is 306 g/mol. The summed E-state index contributed by atoms with van der Waals surface area (Å²) in [5.74, 6) is -2.76. The zero-order valence-corrected chi connectivity index (χ0v) is 11.2. The minimum atomic E-state index is -5.08. The van der Waals surface area contributed by atoms with E-state index in [1.54, 1.807) is 0 Å². The number of hydrogen-bond donors (Lipinski definition) is 2. The Kier molecular flexibility index (Phi) is 6.60. The first-order chi connectivity index (χ1) is 9.82. The maximum atomic E-state index is 10.6. The van der Waals surface area contributed by atoms with E-state index in [0.29, 0.717) is 6.54 Å². The van der Waals surface area contributed by atoms with E-state index in [0.717, 1.165) is 19.5 Å². The van der Waals surface area contributed by atoms with Crippen molar-refractivity contribution in [2.45, 2.75) is 25.2 Å². The van der Waals surface area contributed by atoms with Crippen LogP contribution in [0.4, 0.5) is 13.2 Å². The molecule has 0 spiro atoms. The molecule has 1 heterocycles. The molecule has 1 aliphatic heterocycles. The van der Waals surface area contributed by atoms with Crippen molar-refractivity contribution < 1.29 is 27.9 Å². The van der Waals surface area contributed by atoms with E-state index in [2.05, 4.69) is 12.1 Å². The van der Waals surface area contributed by atoms with Crippen LogP contribution in [0.1, 0.15) is 12.0 Å². The van der Waals surface area contributed by atoms with Gasteiger partial charge in [-0.1, -0.05) is 30.3 Å². The maximum Gasteiger partial charge on any atom is 0.490 e. The zero-order chi connectivity index (χ0) is 15.9. The Balaban J connectivity index is 0.000000270. The maximum absolute atomic E-state index is 10.6. The largest absolute Gasteiger partial charge is 0.490 e. The number of carboxylic acid groups (broad SMARTS) is 1. The molecular weight excluding hydrogens is 289 g/mol. The lowest BCUT2D eigenvalue weighted by Crippen LogP contribution is -2.23.